The first-order chi connectivity index (χ1) is 11.0. The molecule has 0 spiro atoms. The molecule has 0 radical (unpaired) electrons. The highest BCUT2D eigenvalue weighted by atomic mass is 16.2. The molecule has 124 valence electrons. The zero-order chi connectivity index (χ0) is 16.4. The van der Waals surface area contributed by atoms with Gasteiger partial charge in [0.2, 0.25) is 11.8 Å². The van der Waals surface area contributed by atoms with Crippen molar-refractivity contribution in [2.45, 2.75) is 38.6 Å². The molecule has 1 aromatic heterocycles. The summed E-state index contributed by atoms with van der Waals surface area (Å²) >= 11 is 0. The van der Waals surface area contributed by atoms with Crippen molar-refractivity contribution < 1.29 is 9.59 Å². The van der Waals surface area contributed by atoms with Gasteiger partial charge in [-0.2, -0.15) is 5.10 Å². The van der Waals surface area contributed by atoms with Crippen LogP contribution in [0.1, 0.15) is 31.4 Å². The lowest BCUT2D eigenvalue weighted by Crippen LogP contribution is -2.49. The van der Waals surface area contributed by atoms with Crippen molar-refractivity contribution in [3.05, 3.63) is 17.8 Å². The van der Waals surface area contributed by atoms with Crippen LogP contribution in [0.2, 0.25) is 0 Å². The molecule has 1 saturated carbocycles. The molecule has 1 saturated heterocycles. The SMILES string of the molecule is CNC(=O)C1(C(=O)N2CCC(Nc3ccc(C)nn3)CC2)CC1. The first-order valence-electron chi connectivity index (χ1n) is 8.13. The van der Waals surface area contributed by atoms with Crippen molar-refractivity contribution >= 4 is 17.6 Å². The molecular formula is C16H23N5O2. The van der Waals surface area contributed by atoms with Gasteiger partial charge in [0, 0.05) is 26.2 Å². The van der Waals surface area contributed by atoms with E-state index in [1.165, 1.54) is 0 Å². The molecule has 1 aliphatic heterocycles. The highest BCUT2D eigenvalue weighted by Crippen LogP contribution is 2.47. The minimum atomic E-state index is -0.780. The van der Waals surface area contributed by atoms with Crippen LogP contribution in [0.5, 0.6) is 0 Å². The Labute approximate surface area is 135 Å². The lowest BCUT2D eigenvalue weighted by atomic mass is 9.99. The van der Waals surface area contributed by atoms with Crippen LogP contribution >= 0.6 is 0 Å². The fraction of sp³-hybridized carbons (Fsp3) is 0.625. The molecule has 23 heavy (non-hydrogen) atoms. The number of anilines is 1. The minimum absolute atomic E-state index is 0.00886. The van der Waals surface area contributed by atoms with Crippen LogP contribution in [0, 0.1) is 12.3 Å². The van der Waals surface area contributed by atoms with Gasteiger partial charge < -0.3 is 15.5 Å². The summed E-state index contributed by atoms with van der Waals surface area (Å²) in [5.41, 5.74) is 0.108. The molecule has 2 amide bonds. The quantitative estimate of drug-likeness (QED) is 0.799. The second-order valence-electron chi connectivity index (χ2n) is 6.43. The Bertz CT molecular complexity index is 589. The maximum atomic E-state index is 12.6. The third-order valence-electron chi connectivity index (χ3n) is 4.75. The molecule has 2 N–H and O–H groups in total. The number of likely N-dealkylation sites (tertiary alicyclic amines) is 1. The molecule has 3 rings (SSSR count). The molecule has 7 heteroatoms. The zero-order valence-electron chi connectivity index (χ0n) is 13.6. The predicted molar refractivity (Wildman–Crippen MR) is 85.7 cm³/mol. The van der Waals surface area contributed by atoms with Crippen LogP contribution < -0.4 is 10.6 Å². The largest absolute Gasteiger partial charge is 0.366 e. The smallest absolute Gasteiger partial charge is 0.238 e. The molecule has 7 nitrogen and oxygen atoms in total. The fourth-order valence-electron chi connectivity index (χ4n) is 3.12. The molecule has 2 fully saturated rings. The summed E-state index contributed by atoms with van der Waals surface area (Å²) < 4.78 is 0. The standard InChI is InChI=1S/C16H23N5O2/c1-11-3-4-13(20-19-11)18-12-5-9-21(10-6-12)15(23)16(7-8-16)14(22)17-2/h3-4,12H,5-10H2,1-2H3,(H,17,22)(H,18,20). The van der Waals surface area contributed by atoms with E-state index in [-0.39, 0.29) is 17.9 Å². The second kappa shape index (κ2) is 6.14. The van der Waals surface area contributed by atoms with Gasteiger partial charge in [0.15, 0.2) is 0 Å². The fourth-order valence-corrected chi connectivity index (χ4v) is 3.12. The lowest BCUT2D eigenvalue weighted by Gasteiger charge is -2.34. The Morgan fingerprint density at radius 3 is 2.43 bits per heavy atom. The maximum absolute atomic E-state index is 12.6. The topological polar surface area (TPSA) is 87.2 Å². The minimum Gasteiger partial charge on any atom is -0.366 e. The molecule has 0 unspecified atom stereocenters. The highest BCUT2D eigenvalue weighted by Gasteiger charge is 2.57. The van der Waals surface area contributed by atoms with Crippen molar-refractivity contribution in [3.8, 4) is 0 Å². The monoisotopic (exact) mass is 317 g/mol. The predicted octanol–water partition coefficient (Wildman–Crippen LogP) is 0.714. The van der Waals surface area contributed by atoms with E-state index < -0.39 is 5.41 Å². The van der Waals surface area contributed by atoms with Crippen LogP contribution in [-0.4, -0.2) is 53.1 Å². The number of carbonyl (C=O) groups is 2. The number of amides is 2. The normalized spacial score (nSPS) is 20.0. The Balaban J connectivity index is 1.53. The highest BCUT2D eigenvalue weighted by molar-refractivity contribution is 6.07. The van der Waals surface area contributed by atoms with Gasteiger partial charge in [-0.15, -0.1) is 5.10 Å². The van der Waals surface area contributed by atoms with Gasteiger partial charge in [-0.1, -0.05) is 0 Å². The number of aryl methyl sites for hydroxylation is 1. The number of nitrogens with one attached hydrogen (secondary N) is 2. The molecule has 2 heterocycles. The van der Waals surface area contributed by atoms with Gasteiger partial charge in [0.1, 0.15) is 11.2 Å². The molecule has 0 aromatic carbocycles. The average molecular weight is 317 g/mol. The molecule has 0 bridgehead atoms. The van der Waals surface area contributed by atoms with E-state index >= 15 is 0 Å². The van der Waals surface area contributed by atoms with Crippen molar-refractivity contribution in [2.75, 3.05) is 25.5 Å². The van der Waals surface area contributed by atoms with E-state index in [1.807, 2.05) is 24.0 Å². The second-order valence-corrected chi connectivity index (χ2v) is 6.43. The van der Waals surface area contributed by atoms with E-state index in [0.717, 1.165) is 24.4 Å². The number of hydrogen-bond acceptors (Lipinski definition) is 5. The van der Waals surface area contributed by atoms with E-state index in [9.17, 15) is 9.59 Å². The van der Waals surface area contributed by atoms with Crippen LogP contribution in [0.25, 0.3) is 0 Å². The summed E-state index contributed by atoms with van der Waals surface area (Å²) in [4.78, 5) is 26.4. The van der Waals surface area contributed by atoms with Gasteiger partial charge in [-0.05, 0) is 44.7 Å². The summed E-state index contributed by atoms with van der Waals surface area (Å²) in [6, 6.07) is 4.13. The Kier molecular flexibility index (Phi) is 4.19. The zero-order valence-corrected chi connectivity index (χ0v) is 13.6. The lowest BCUT2D eigenvalue weighted by molar-refractivity contribution is -0.144. The molecule has 0 atom stereocenters. The molecule has 1 aromatic rings. The van der Waals surface area contributed by atoms with E-state index in [0.29, 0.717) is 25.9 Å². The number of nitrogens with zero attached hydrogens (tertiary/aromatic N) is 3. The van der Waals surface area contributed by atoms with E-state index in [1.54, 1.807) is 7.05 Å². The number of aromatic nitrogens is 2. The number of carbonyl (C=O) groups excluding carboxylic acids is 2. The average Bonchev–Trinajstić information content (AvgIpc) is 3.38. The van der Waals surface area contributed by atoms with Crippen LogP contribution in [0.3, 0.4) is 0 Å². The van der Waals surface area contributed by atoms with Gasteiger partial charge in [0.05, 0.1) is 5.69 Å². The van der Waals surface area contributed by atoms with Crippen molar-refractivity contribution in [2.24, 2.45) is 5.41 Å². The molecule has 2 aliphatic rings. The Morgan fingerprint density at radius 1 is 1.22 bits per heavy atom. The van der Waals surface area contributed by atoms with E-state index in [4.69, 9.17) is 0 Å². The molecule has 1 aliphatic carbocycles. The first kappa shape index (κ1) is 15.7. The summed E-state index contributed by atoms with van der Waals surface area (Å²) in [7, 11) is 1.59. The van der Waals surface area contributed by atoms with E-state index in [2.05, 4.69) is 20.8 Å². The van der Waals surface area contributed by atoms with Gasteiger partial charge in [-0.25, -0.2) is 0 Å². The first-order valence-corrected chi connectivity index (χ1v) is 8.13. The third-order valence-corrected chi connectivity index (χ3v) is 4.75. The van der Waals surface area contributed by atoms with Crippen molar-refractivity contribution in [3.63, 3.8) is 0 Å². The number of piperidine rings is 1. The summed E-state index contributed by atoms with van der Waals surface area (Å²) in [5, 5.41) is 14.1. The van der Waals surface area contributed by atoms with Gasteiger partial charge in [0.25, 0.3) is 0 Å². The van der Waals surface area contributed by atoms with Crippen LogP contribution in [-0.2, 0) is 9.59 Å². The van der Waals surface area contributed by atoms with Crippen LogP contribution in [0.4, 0.5) is 5.82 Å². The van der Waals surface area contributed by atoms with Gasteiger partial charge >= 0.3 is 0 Å². The maximum Gasteiger partial charge on any atom is 0.238 e. The van der Waals surface area contributed by atoms with Gasteiger partial charge in [-0.3, -0.25) is 9.59 Å². The summed E-state index contributed by atoms with van der Waals surface area (Å²) in [6.45, 7) is 3.25. The Morgan fingerprint density at radius 2 is 1.91 bits per heavy atom. The van der Waals surface area contributed by atoms with Crippen molar-refractivity contribution in [1.82, 2.24) is 20.4 Å². The summed E-state index contributed by atoms with van der Waals surface area (Å²) in [6.07, 6.45) is 3.04. The third kappa shape index (κ3) is 3.13. The summed E-state index contributed by atoms with van der Waals surface area (Å²) in [5.74, 6) is 0.618. The Hall–Kier alpha value is -2.18. The van der Waals surface area contributed by atoms with Crippen molar-refractivity contribution in [1.29, 1.82) is 0 Å². The number of rotatable bonds is 4. The van der Waals surface area contributed by atoms with Crippen LogP contribution in [0.15, 0.2) is 12.1 Å². The number of hydrogen-bond donors (Lipinski definition) is 2. The molecular weight excluding hydrogens is 294 g/mol.